The van der Waals surface area contributed by atoms with Gasteiger partial charge in [0.1, 0.15) is 0 Å². The Balaban J connectivity index is 3.46. The third kappa shape index (κ3) is 5.29. The molecule has 0 saturated heterocycles. The highest BCUT2D eigenvalue weighted by atomic mass is 17.3. The van der Waals surface area contributed by atoms with Crippen molar-refractivity contribution in [1.82, 2.24) is 0 Å². The zero-order valence-corrected chi connectivity index (χ0v) is 5.53. The largest absolute Gasteiger partial charge is 0.572 e. The van der Waals surface area contributed by atoms with Crippen molar-refractivity contribution in [2.24, 2.45) is 0 Å². The summed E-state index contributed by atoms with van der Waals surface area (Å²) in [6, 6.07) is 0. The van der Waals surface area contributed by atoms with Gasteiger partial charge < -0.3 is 5.11 Å². The maximum atomic E-state index is 9.93. The molecule has 0 amide bonds. The van der Waals surface area contributed by atoms with Crippen LogP contribution in [0.5, 0.6) is 0 Å². The second-order valence-electron chi connectivity index (χ2n) is 1.95. The molecule has 0 aliphatic carbocycles. The van der Waals surface area contributed by atoms with E-state index in [2.05, 4.69) is 14.7 Å². The lowest BCUT2D eigenvalue weighted by molar-refractivity contribution is -0.391. The van der Waals surface area contributed by atoms with Gasteiger partial charge in [0.15, 0.2) is 0 Å². The smallest absolute Gasteiger partial charge is 0.363 e. The monoisotopic (exact) mass is 152 g/mol. The zero-order valence-electron chi connectivity index (χ0n) is 5.53. The van der Waals surface area contributed by atoms with Crippen molar-refractivity contribution in [3.63, 3.8) is 0 Å². The highest BCUT2D eigenvalue weighted by molar-refractivity contribution is 5.57. The van der Waals surface area contributed by atoms with Gasteiger partial charge >= 0.3 is 6.16 Å². The second-order valence-corrected chi connectivity index (χ2v) is 1.95. The van der Waals surface area contributed by atoms with Crippen LogP contribution in [0.15, 0.2) is 0 Å². The van der Waals surface area contributed by atoms with Crippen molar-refractivity contribution in [2.45, 2.75) is 19.6 Å². The van der Waals surface area contributed by atoms with Crippen molar-refractivity contribution < 1.29 is 29.8 Å². The van der Waals surface area contributed by atoms with Crippen molar-refractivity contribution >= 4 is 6.16 Å². The summed E-state index contributed by atoms with van der Waals surface area (Å²) in [5.74, 6) is -1.60. The van der Waals surface area contributed by atoms with Crippen LogP contribution in [0.3, 0.4) is 0 Å². The lowest BCUT2D eigenvalue weighted by Gasteiger charge is -2.13. The van der Waals surface area contributed by atoms with Gasteiger partial charge in [-0.25, -0.2) is 0 Å². The fraction of sp³-hybridized carbons (Fsp3) is 0.750. The van der Waals surface area contributed by atoms with Crippen molar-refractivity contribution in [2.75, 3.05) is 0 Å². The van der Waals surface area contributed by atoms with Gasteiger partial charge in [0.2, 0.25) is 5.79 Å². The molecule has 0 aromatic rings. The molecule has 0 aromatic heterocycles. The highest BCUT2D eigenvalue weighted by Crippen LogP contribution is 2.03. The standard InChI is InChI=1S/C4H8O6/c1-4(2,6)10-9-3(5)8-7/h6-7H,1-2H3. The Kier molecular flexibility index (Phi) is 3.07. The molecular weight excluding hydrogens is 144 g/mol. The highest BCUT2D eigenvalue weighted by Gasteiger charge is 2.17. The number of carbonyl (C=O) groups excluding carboxylic acids is 1. The predicted octanol–water partition coefficient (Wildman–Crippen LogP) is 0.273. The van der Waals surface area contributed by atoms with Gasteiger partial charge in [-0.2, -0.15) is 10.1 Å². The van der Waals surface area contributed by atoms with Crippen LogP contribution in [-0.4, -0.2) is 22.3 Å². The Morgan fingerprint density at radius 1 is 1.50 bits per heavy atom. The molecule has 0 radical (unpaired) electrons. The minimum absolute atomic E-state index is 1.23. The Hall–Kier alpha value is -0.850. The number of hydrogen-bond donors (Lipinski definition) is 2. The summed E-state index contributed by atoms with van der Waals surface area (Å²) in [5.41, 5.74) is 0. The fourth-order valence-electron chi connectivity index (χ4n) is 0.151. The van der Waals surface area contributed by atoms with E-state index in [0.717, 1.165) is 0 Å². The molecule has 10 heavy (non-hydrogen) atoms. The van der Waals surface area contributed by atoms with Gasteiger partial charge in [-0.15, -0.1) is 4.89 Å². The SMILES string of the molecule is CC(C)(O)OOC(=O)OO. The first-order valence-corrected chi connectivity index (χ1v) is 2.39. The van der Waals surface area contributed by atoms with Crippen LogP contribution in [0.2, 0.25) is 0 Å². The molecule has 60 valence electrons. The summed E-state index contributed by atoms with van der Waals surface area (Å²) >= 11 is 0. The summed E-state index contributed by atoms with van der Waals surface area (Å²) in [5, 5.41) is 16.3. The molecule has 0 spiro atoms. The lowest BCUT2D eigenvalue weighted by Crippen LogP contribution is -2.25. The van der Waals surface area contributed by atoms with E-state index in [9.17, 15) is 4.79 Å². The first kappa shape index (κ1) is 9.15. The van der Waals surface area contributed by atoms with Crippen LogP contribution in [-0.2, 0) is 14.7 Å². The minimum Gasteiger partial charge on any atom is -0.363 e. The first-order valence-electron chi connectivity index (χ1n) is 2.39. The molecule has 6 nitrogen and oxygen atoms in total. The molecule has 0 unspecified atom stereocenters. The summed E-state index contributed by atoms with van der Waals surface area (Å²) in [6.45, 7) is 2.47. The van der Waals surface area contributed by atoms with Gasteiger partial charge in [-0.1, -0.05) is 0 Å². The van der Waals surface area contributed by atoms with Crippen molar-refractivity contribution in [3.8, 4) is 0 Å². The number of carbonyl (C=O) groups is 1. The Morgan fingerprint density at radius 3 is 2.30 bits per heavy atom. The molecular formula is C4H8O6. The fourth-order valence-corrected chi connectivity index (χ4v) is 0.151. The van der Waals surface area contributed by atoms with Crippen LogP contribution >= 0.6 is 0 Å². The van der Waals surface area contributed by atoms with E-state index in [1.54, 1.807) is 0 Å². The maximum absolute atomic E-state index is 9.93. The Morgan fingerprint density at radius 2 is 2.00 bits per heavy atom. The minimum atomic E-state index is -1.60. The Bertz CT molecular complexity index is 113. The molecule has 0 bridgehead atoms. The van der Waals surface area contributed by atoms with E-state index >= 15 is 0 Å². The van der Waals surface area contributed by atoms with Crippen LogP contribution in [0.25, 0.3) is 0 Å². The predicted molar refractivity (Wildman–Crippen MR) is 27.6 cm³/mol. The quantitative estimate of drug-likeness (QED) is 0.335. The van der Waals surface area contributed by atoms with Crippen LogP contribution in [0.4, 0.5) is 4.79 Å². The van der Waals surface area contributed by atoms with E-state index in [1.165, 1.54) is 13.8 Å². The van der Waals surface area contributed by atoms with Gasteiger partial charge in [-0.05, 0) is 13.8 Å². The van der Waals surface area contributed by atoms with E-state index in [-0.39, 0.29) is 0 Å². The third-order valence-corrected chi connectivity index (χ3v) is 0.388. The molecule has 0 aliphatic rings. The molecule has 6 heteroatoms. The molecule has 0 saturated carbocycles. The average Bonchev–Trinajstić information content (AvgIpc) is 1.81. The molecule has 0 heterocycles. The number of hydrogen-bond acceptors (Lipinski definition) is 6. The normalized spacial score (nSPS) is 10.8. The average molecular weight is 152 g/mol. The molecule has 0 rings (SSSR count). The molecule has 0 aliphatic heterocycles. The van der Waals surface area contributed by atoms with Gasteiger partial charge in [0.25, 0.3) is 0 Å². The molecule has 0 fully saturated rings. The zero-order chi connectivity index (χ0) is 8.20. The van der Waals surface area contributed by atoms with E-state index in [4.69, 9.17) is 10.4 Å². The maximum Gasteiger partial charge on any atom is 0.572 e. The van der Waals surface area contributed by atoms with E-state index in [1.807, 2.05) is 0 Å². The number of aliphatic hydroxyl groups is 1. The lowest BCUT2D eigenvalue weighted by atomic mass is 10.4. The van der Waals surface area contributed by atoms with E-state index < -0.39 is 11.9 Å². The molecule has 0 aromatic carbocycles. The van der Waals surface area contributed by atoms with Crippen LogP contribution < -0.4 is 0 Å². The molecule has 0 atom stereocenters. The second kappa shape index (κ2) is 3.35. The molecule has 2 N–H and O–H groups in total. The van der Waals surface area contributed by atoms with Gasteiger partial charge in [-0.3, -0.25) is 9.78 Å². The van der Waals surface area contributed by atoms with Gasteiger partial charge in [0, 0.05) is 0 Å². The third-order valence-electron chi connectivity index (χ3n) is 0.388. The first-order chi connectivity index (χ1) is 4.45. The topological polar surface area (TPSA) is 85.2 Å². The number of rotatable bonds is 2. The Labute approximate surface area is 56.8 Å². The summed E-state index contributed by atoms with van der Waals surface area (Å²) < 4.78 is 0. The summed E-state index contributed by atoms with van der Waals surface area (Å²) in [6.07, 6.45) is -1.44. The van der Waals surface area contributed by atoms with E-state index in [0.29, 0.717) is 0 Å². The van der Waals surface area contributed by atoms with Crippen LogP contribution in [0.1, 0.15) is 13.8 Å². The van der Waals surface area contributed by atoms with Crippen molar-refractivity contribution in [3.05, 3.63) is 0 Å². The van der Waals surface area contributed by atoms with Gasteiger partial charge in [0.05, 0.1) is 0 Å². The summed E-state index contributed by atoms with van der Waals surface area (Å²) in [7, 11) is 0. The van der Waals surface area contributed by atoms with Crippen LogP contribution in [0, 0.1) is 0 Å². The van der Waals surface area contributed by atoms with Crippen molar-refractivity contribution in [1.29, 1.82) is 0 Å². The summed E-state index contributed by atoms with van der Waals surface area (Å²) in [4.78, 5) is 20.7.